The van der Waals surface area contributed by atoms with Gasteiger partial charge in [0.1, 0.15) is 0 Å². The van der Waals surface area contributed by atoms with Crippen molar-refractivity contribution in [3.8, 4) is 0 Å². The summed E-state index contributed by atoms with van der Waals surface area (Å²) >= 11 is 9.28. The number of rotatable bonds is 5. The van der Waals surface area contributed by atoms with Gasteiger partial charge in [-0.1, -0.05) is 25.4 Å². The Hall–Kier alpha value is -0.580. The molecule has 0 fully saturated rings. The Morgan fingerprint density at radius 2 is 2.05 bits per heavy atom. The maximum atomic E-state index is 12.1. The first kappa shape index (κ1) is 16.5. The Morgan fingerprint density at radius 1 is 1.42 bits per heavy atom. The smallest absolute Gasteiger partial charge is 0.252 e. The van der Waals surface area contributed by atoms with Gasteiger partial charge < -0.3 is 10.2 Å². The molecule has 1 aromatic rings. The van der Waals surface area contributed by atoms with E-state index >= 15 is 0 Å². The van der Waals surface area contributed by atoms with Crippen molar-refractivity contribution in [3.05, 3.63) is 33.3 Å². The minimum Gasteiger partial charge on any atom is -0.351 e. The number of amides is 1. The molecule has 0 unspecified atom stereocenters. The number of halogens is 2. The van der Waals surface area contributed by atoms with Crippen LogP contribution < -0.4 is 5.32 Å². The molecule has 0 bridgehead atoms. The molecule has 1 N–H and O–H groups in total. The summed E-state index contributed by atoms with van der Waals surface area (Å²) in [7, 11) is 4.05. The van der Waals surface area contributed by atoms with Gasteiger partial charge in [0.2, 0.25) is 0 Å². The summed E-state index contributed by atoms with van der Waals surface area (Å²) in [4.78, 5) is 14.2. The number of benzene rings is 1. The number of hydrogen-bond donors (Lipinski definition) is 1. The number of carbonyl (C=O) groups excluding carboxylic acids is 1. The van der Waals surface area contributed by atoms with Crippen LogP contribution >= 0.6 is 27.5 Å². The van der Waals surface area contributed by atoms with E-state index in [1.807, 2.05) is 14.1 Å². The fourth-order valence-corrected chi connectivity index (χ4v) is 2.60. The third kappa shape index (κ3) is 5.51. The van der Waals surface area contributed by atoms with Crippen molar-refractivity contribution in [2.75, 3.05) is 27.2 Å². The molecule has 5 heteroatoms. The van der Waals surface area contributed by atoms with E-state index in [4.69, 9.17) is 11.6 Å². The van der Waals surface area contributed by atoms with Crippen LogP contribution in [0.1, 0.15) is 24.2 Å². The van der Waals surface area contributed by atoms with Crippen LogP contribution in [0.2, 0.25) is 5.02 Å². The van der Waals surface area contributed by atoms with E-state index in [0.717, 1.165) is 11.0 Å². The second-order valence-corrected chi connectivity index (χ2v) is 7.00. The molecule has 0 atom stereocenters. The van der Waals surface area contributed by atoms with Crippen LogP contribution in [0.15, 0.2) is 22.7 Å². The maximum absolute atomic E-state index is 12.1. The lowest BCUT2D eigenvalue weighted by Crippen LogP contribution is -2.40. The van der Waals surface area contributed by atoms with Gasteiger partial charge in [-0.05, 0) is 53.6 Å². The van der Waals surface area contributed by atoms with E-state index in [1.165, 1.54) is 0 Å². The zero-order valence-corrected chi connectivity index (χ0v) is 14.1. The Balaban J connectivity index is 2.68. The van der Waals surface area contributed by atoms with E-state index in [-0.39, 0.29) is 11.3 Å². The predicted octanol–water partition coefficient (Wildman–Crippen LogP) is 3.42. The van der Waals surface area contributed by atoms with Gasteiger partial charge in [0.25, 0.3) is 5.91 Å². The molecule has 0 heterocycles. The summed E-state index contributed by atoms with van der Waals surface area (Å²) < 4.78 is 0.750. The largest absolute Gasteiger partial charge is 0.351 e. The highest BCUT2D eigenvalue weighted by Gasteiger charge is 2.20. The molecular weight excluding hydrogens is 328 g/mol. The monoisotopic (exact) mass is 346 g/mol. The van der Waals surface area contributed by atoms with Crippen molar-refractivity contribution in [1.82, 2.24) is 10.2 Å². The van der Waals surface area contributed by atoms with E-state index in [1.54, 1.807) is 18.2 Å². The summed E-state index contributed by atoms with van der Waals surface area (Å²) in [5.41, 5.74) is 0.581. The third-order valence-corrected chi connectivity index (χ3v) is 3.57. The van der Waals surface area contributed by atoms with Gasteiger partial charge in [-0.15, -0.1) is 0 Å². The van der Waals surface area contributed by atoms with Crippen LogP contribution in [0.25, 0.3) is 0 Å². The molecule has 0 aliphatic heterocycles. The fraction of sp³-hybridized carbons (Fsp3) is 0.500. The van der Waals surface area contributed by atoms with Crippen molar-refractivity contribution in [2.24, 2.45) is 5.41 Å². The molecule has 1 aromatic carbocycles. The van der Waals surface area contributed by atoms with E-state index in [2.05, 4.69) is 40.0 Å². The lowest BCUT2D eigenvalue weighted by molar-refractivity contribution is 0.0928. The van der Waals surface area contributed by atoms with Gasteiger partial charge in [0.05, 0.1) is 5.56 Å². The van der Waals surface area contributed by atoms with Gasteiger partial charge >= 0.3 is 0 Å². The summed E-state index contributed by atoms with van der Waals surface area (Å²) in [5, 5.41) is 3.51. The van der Waals surface area contributed by atoms with Gasteiger partial charge in [-0.3, -0.25) is 4.79 Å². The Bertz CT molecular complexity index is 461. The van der Waals surface area contributed by atoms with Crippen molar-refractivity contribution < 1.29 is 4.79 Å². The van der Waals surface area contributed by atoms with E-state index in [0.29, 0.717) is 17.1 Å². The fourth-order valence-electron chi connectivity index (χ4n) is 2.00. The summed E-state index contributed by atoms with van der Waals surface area (Å²) in [5.74, 6) is -0.110. The van der Waals surface area contributed by atoms with Gasteiger partial charge in [-0.2, -0.15) is 0 Å². The molecule has 1 amide bonds. The van der Waals surface area contributed by atoms with Crippen LogP contribution in [0, 0.1) is 5.41 Å². The number of hydrogen-bond acceptors (Lipinski definition) is 2. The van der Waals surface area contributed by atoms with Crippen molar-refractivity contribution in [3.63, 3.8) is 0 Å². The highest BCUT2D eigenvalue weighted by molar-refractivity contribution is 9.10. The van der Waals surface area contributed by atoms with Crippen LogP contribution in [-0.2, 0) is 0 Å². The molecule has 0 aromatic heterocycles. The second kappa shape index (κ2) is 6.73. The topological polar surface area (TPSA) is 32.3 Å². The van der Waals surface area contributed by atoms with Crippen LogP contribution in [0.3, 0.4) is 0 Å². The Morgan fingerprint density at radius 3 is 2.63 bits per heavy atom. The standard InChI is InChI=1S/C14H20BrClN2O/c1-14(2,9-18(3)4)8-17-13(19)11-7-10(16)5-6-12(11)15/h5-7H,8-9H2,1-4H3,(H,17,19). The molecule has 0 saturated heterocycles. The SMILES string of the molecule is CN(C)CC(C)(C)CNC(=O)c1cc(Cl)ccc1Br. The number of carbonyl (C=O) groups is 1. The van der Waals surface area contributed by atoms with Crippen molar-refractivity contribution in [2.45, 2.75) is 13.8 Å². The first-order chi connectivity index (χ1) is 8.71. The highest BCUT2D eigenvalue weighted by atomic mass is 79.9. The third-order valence-electron chi connectivity index (χ3n) is 2.64. The lowest BCUT2D eigenvalue weighted by Gasteiger charge is -2.28. The van der Waals surface area contributed by atoms with Crippen LogP contribution in [0.5, 0.6) is 0 Å². The Kier molecular flexibility index (Phi) is 5.83. The van der Waals surface area contributed by atoms with Gasteiger partial charge in [0, 0.05) is 22.6 Å². The van der Waals surface area contributed by atoms with Crippen LogP contribution in [0.4, 0.5) is 0 Å². The summed E-state index contributed by atoms with van der Waals surface area (Å²) in [6.45, 7) is 5.77. The number of nitrogens with one attached hydrogen (secondary N) is 1. The van der Waals surface area contributed by atoms with E-state index in [9.17, 15) is 4.79 Å². The predicted molar refractivity (Wildman–Crippen MR) is 83.8 cm³/mol. The molecule has 19 heavy (non-hydrogen) atoms. The first-order valence-corrected chi connectivity index (χ1v) is 7.26. The average Bonchev–Trinajstić information content (AvgIpc) is 2.27. The quantitative estimate of drug-likeness (QED) is 0.885. The zero-order chi connectivity index (χ0) is 14.6. The molecule has 0 aliphatic rings. The molecule has 0 aliphatic carbocycles. The molecule has 106 valence electrons. The Labute approximate surface area is 128 Å². The van der Waals surface area contributed by atoms with Crippen molar-refractivity contribution in [1.29, 1.82) is 0 Å². The molecule has 1 rings (SSSR count). The average molecular weight is 348 g/mol. The van der Waals surface area contributed by atoms with Crippen molar-refractivity contribution >= 4 is 33.4 Å². The molecule has 0 spiro atoms. The normalized spacial score (nSPS) is 11.7. The minimum absolute atomic E-state index is 0.0181. The van der Waals surface area contributed by atoms with E-state index < -0.39 is 0 Å². The molecule has 0 radical (unpaired) electrons. The first-order valence-electron chi connectivity index (χ1n) is 6.09. The zero-order valence-electron chi connectivity index (χ0n) is 11.8. The summed E-state index contributed by atoms with van der Waals surface area (Å²) in [6.07, 6.45) is 0. The maximum Gasteiger partial charge on any atom is 0.252 e. The van der Waals surface area contributed by atoms with Gasteiger partial charge in [-0.25, -0.2) is 0 Å². The molecule has 3 nitrogen and oxygen atoms in total. The number of nitrogens with zero attached hydrogens (tertiary/aromatic N) is 1. The van der Waals surface area contributed by atoms with Crippen LogP contribution in [-0.4, -0.2) is 38.0 Å². The second-order valence-electron chi connectivity index (χ2n) is 5.71. The molecular formula is C14H20BrClN2O. The molecule has 0 saturated carbocycles. The van der Waals surface area contributed by atoms with Gasteiger partial charge in [0.15, 0.2) is 0 Å². The summed E-state index contributed by atoms with van der Waals surface area (Å²) in [6, 6.07) is 5.19. The highest BCUT2D eigenvalue weighted by Crippen LogP contribution is 2.21. The minimum atomic E-state index is -0.110. The lowest BCUT2D eigenvalue weighted by atomic mass is 9.93.